The zero-order valence-electron chi connectivity index (χ0n) is 8.98. The second kappa shape index (κ2) is 4.95. The van der Waals surface area contributed by atoms with Crippen molar-refractivity contribution in [3.8, 4) is 0 Å². The fourth-order valence-electron chi connectivity index (χ4n) is 1.71. The number of hydrogen-bond donors (Lipinski definition) is 1. The van der Waals surface area contributed by atoms with Gasteiger partial charge in [0.05, 0.1) is 5.01 Å². The lowest BCUT2D eigenvalue weighted by atomic mass is 10.00. The van der Waals surface area contributed by atoms with Crippen molar-refractivity contribution in [3.05, 3.63) is 50.9 Å². The molecule has 1 unspecified atom stereocenters. The van der Waals surface area contributed by atoms with Crippen LogP contribution < -0.4 is 5.73 Å². The van der Waals surface area contributed by atoms with E-state index in [9.17, 15) is 0 Å². The van der Waals surface area contributed by atoms with Gasteiger partial charge in [-0.15, -0.1) is 11.3 Å². The molecule has 0 saturated heterocycles. The van der Waals surface area contributed by atoms with Gasteiger partial charge in [-0.05, 0) is 30.2 Å². The number of rotatable bonds is 3. The Morgan fingerprint density at radius 1 is 1.50 bits per heavy atom. The van der Waals surface area contributed by atoms with E-state index in [1.165, 1.54) is 0 Å². The molecule has 0 aliphatic heterocycles. The first-order valence-electron chi connectivity index (χ1n) is 5.07. The number of hydrogen-bond acceptors (Lipinski definition) is 3. The Hall–Kier alpha value is -0.900. The number of halogens is 1. The van der Waals surface area contributed by atoms with Crippen molar-refractivity contribution in [2.24, 2.45) is 5.73 Å². The first-order valence-corrected chi connectivity index (χ1v) is 6.32. The topological polar surface area (TPSA) is 38.9 Å². The Kier molecular flexibility index (Phi) is 3.59. The molecule has 2 nitrogen and oxygen atoms in total. The maximum absolute atomic E-state index is 6.16. The molecular weight excluding hydrogens is 240 g/mol. The lowest BCUT2D eigenvalue weighted by molar-refractivity contribution is 0.713. The highest BCUT2D eigenvalue weighted by Gasteiger charge is 2.11. The van der Waals surface area contributed by atoms with Crippen LogP contribution in [0.1, 0.15) is 22.2 Å². The first-order chi connectivity index (χ1) is 7.66. The summed E-state index contributed by atoms with van der Waals surface area (Å²) in [6.45, 7) is 2.03. The van der Waals surface area contributed by atoms with Gasteiger partial charge in [-0.3, -0.25) is 0 Å². The van der Waals surface area contributed by atoms with Gasteiger partial charge in [-0.1, -0.05) is 17.7 Å². The van der Waals surface area contributed by atoms with E-state index in [0.717, 1.165) is 27.6 Å². The van der Waals surface area contributed by atoms with Crippen LogP contribution in [0.5, 0.6) is 0 Å². The molecule has 0 aliphatic carbocycles. The molecule has 0 fully saturated rings. The Bertz CT molecular complexity index is 468. The van der Waals surface area contributed by atoms with Crippen LogP contribution in [0.2, 0.25) is 5.02 Å². The highest BCUT2D eigenvalue weighted by atomic mass is 35.5. The predicted octanol–water partition coefficient (Wildman–Crippen LogP) is 3.35. The molecule has 1 heterocycles. The van der Waals surface area contributed by atoms with E-state index >= 15 is 0 Å². The van der Waals surface area contributed by atoms with E-state index in [2.05, 4.69) is 4.98 Å². The second-order valence-corrected chi connectivity index (χ2v) is 5.15. The molecule has 0 saturated carbocycles. The summed E-state index contributed by atoms with van der Waals surface area (Å²) in [5.74, 6) is 0. The monoisotopic (exact) mass is 252 g/mol. The smallest absolute Gasteiger partial charge is 0.0943 e. The van der Waals surface area contributed by atoms with E-state index in [0.29, 0.717) is 0 Å². The van der Waals surface area contributed by atoms with Gasteiger partial charge < -0.3 is 5.73 Å². The number of nitrogens with zero attached hydrogens (tertiary/aromatic N) is 1. The molecule has 1 aromatic heterocycles. The number of thiazole rings is 1. The highest BCUT2D eigenvalue weighted by Crippen LogP contribution is 2.23. The van der Waals surface area contributed by atoms with Crippen LogP contribution in [0.3, 0.4) is 0 Å². The van der Waals surface area contributed by atoms with Crippen LogP contribution in [-0.4, -0.2) is 4.98 Å². The van der Waals surface area contributed by atoms with Gasteiger partial charge in [0, 0.05) is 29.1 Å². The lowest BCUT2D eigenvalue weighted by Gasteiger charge is -2.13. The van der Waals surface area contributed by atoms with Gasteiger partial charge >= 0.3 is 0 Å². The third-order valence-corrected chi connectivity index (χ3v) is 3.55. The summed E-state index contributed by atoms with van der Waals surface area (Å²) in [5, 5.41) is 3.79. The van der Waals surface area contributed by atoms with Crippen molar-refractivity contribution in [3.63, 3.8) is 0 Å². The molecule has 1 aromatic carbocycles. The van der Waals surface area contributed by atoms with Crippen LogP contribution in [-0.2, 0) is 6.42 Å². The molecule has 0 aliphatic rings. The van der Waals surface area contributed by atoms with Crippen molar-refractivity contribution in [1.29, 1.82) is 0 Å². The predicted molar refractivity (Wildman–Crippen MR) is 68.9 cm³/mol. The third-order valence-electron chi connectivity index (χ3n) is 2.51. The van der Waals surface area contributed by atoms with E-state index in [4.69, 9.17) is 17.3 Å². The van der Waals surface area contributed by atoms with Crippen LogP contribution in [0.25, 0.3) is 0 Å². The minimum atomic E-state index is -0.0107. The molecule has 2 rings (SSSR count). The van der Waals surface area contributed by atoms with Crippen LogP contribution in [0.15, 0.2) is 29.8 Å². The number of aromatic nitrogens is 1. The fourth-order valence-corrected chi connectivity index (χ4v) is 2.61. The van der Waals surface area contributed by atoms with Crippen LogP contribution >= 0.6 is 22.9 Å². The molecule has 1 atom stereocenters. The Balaban J connectivity index is 2.17. The number of benzene rings is 1. The van der Waals surface area contributed by atoms with Gasteiger partial charge in [-0.25, -0.2) is 4.98 Å². The van der Waals surface area contributed by atoms with Crippen LogP contribution in [0, 0.1) is 6.92 Å². The molecule has 0 bridgehead atoms. The summed E-state index contributed by atoms with van der Waals surface area (Å²) in [5.41, 5.74) is 8.43. The van der Waals surface area contributed by atoms with Gasteiger partial charge in [0.25, 0.3) is 0 Å². The summed E-state index contributed by atoms with van der Waals surface area (Å²) in [6, 6.07) is 5.81. The molecule has 4 heteroatoms. The standard InChI is InChI=1S/C12H13ClN2S/c1-8-6-9(13)2-3-10(8)11(14)7-12-15-4-5-16-12/h2-6,11H,7,14H2,1H3. The van der Waals surface area contributed by atoms with Crippen molar-refractivity contribution >= 4 is 22.9 Å². The minimum Gasteiger partial charge on any atom is -0.324 e. The molecule has 0 radical (unpaired) electrons. The maximum atomic E-state index is 6.16. The maximum Gasteiger partial charge on any atom is 0.0943 e. The summed E-state index contributed by atoms with van der Waals surface area (Å²) < 4.78 is 0. The number of nitrogens with two attached hydrogens (primary N) is 1. The average molecular weight is 253 g/mol. The molecule has 0 spiro atoms. The minimum absolute atomic E-state index is 0.0107. The normalized spacial score (nSPS) is 12.7. The Morgan fingerprint density at radius 3 is 2.94 bits per heavy atom. The number of aryl methyl sites for hydroxylation is 1. The average Bonchev–Trinajstić information content (AvgIpc) is 2.70. The first kappa shape index (κ1) is 11.6. The second-order valence-electron chi connectivity index (χ2n) is 3.74. The van der Waals surface area contributed by atoms with E-state index in [1.54, 1.807) is 17.5 Å². The van der Waals surface area contributed by atoms with E-state index < -0.39 is 0 Å². The third kappa shape index (κ3) is 2.61. The fraction of sp³-hybridized carbons (Fsp3) is 0.250. The van der Waals surface area contributed by atoms with Gasteiger partial charge in [0.1, 0.15) is 0 Å². The molecule has 16 heavy (non-hydrogen) atoms. The van der Waals surface area contributed by atoms with Crippen molar-refractivity contribution in [2.45, 2.75) is 19.4 Å². The highest BCUT2D eigenvalue weighted by molar-refractivity contribution is 7.09. The van der Waals surface area contributed by atoms with Crippen LogP contribution in [0.4, 0.5) is 0 Å². The van der Waals surface area contributed by atoms with E-state index in [-0.39, 0.29) is 6.04 Å². The zero-order chi connectivity index (χ0) is 11.5. The Morgan fingerprint density at radius 2 is 2.31 bits per heavy atom. The quantitative estimate of drug-likeness (QED) is 0.910. The molecule has 2 aromatic rings. The summed E-state index contributed by atoms with van der Waals surface area (Å²) in [6.07, 6.45) is 2.58. The summed E-state index contributed by atoms with van der Waals surface area (Å²) in [4.78, 5) is 4.24. The van der Waals surface area contributed by atoms with Gasteiger partial charge in [0.2, 0.25) is 0 Å². The van der Waals surface area contributed by atoms with Gasteiger partial charge in [-0.2, -0.15) is 0 Å². The summed E-state index contributed by atoms with van der Waals surface area (Å²) in [7, 11) is 0. The van der Waals surface area contributed by atoms with Crippen molar-refractivity contribution < 1.29 is 0 Å². The van der Waals surface area contributed by atoms with Crippen molar-refractivity contribution in [1.82, 2.24) is 4.98 Å². The molecule has 84 valence electrons. The SMILES string of the molecule is Cc1cc(Cl)ccc1C(N)Cc1nccs1. The van der Waals surface area contributed by atoms with E-state index in [1.807, 2.05) is 30.5 Å². The van der Waals surface area contributed by atoms with Gasteiger partial charge in [0.15, 0.2) is 0 Å². The Labute approximate surface area is 104 Å². The molecular formula is C12H13ClN2S. The van der Waals surface area contributed by atoms with Crippen molar-refractivity contribution in [2.75, 3.05) is 0 Å². The molecule has 2 N–H and O–H groups in total. The summed E-state index contributed by atoms with van der Waals surface area (Å²) >= 11 is 7.55. The largest absolute Gasteiger partial charge is 0.324 e. The zero-order valence-corrected chi connectivity index (χ0v) is 10.6. The lowest BCUT2D eigenvalue weighted by Crippen LogP contribution is -2.14. The molecule has 0 amide bonds.